The molecule has 1 aliphatic rings. The van der Waals surface area contributed by atoms with Gasteiger partial charge in [0.1, 0.15) is 6.29 Å². The predicted molar refractivity (Wildman–Crippen MR) is 70.6 cm³/mol. The number of benzene rings is 1. The molecule has 1 aromatic rings. The van der Waals surface area contributed by atoms with Gasteiger partial charge in [0.15, 0.2) is 5.75 Å². The van der Waals surface area contributed by atoms with Crippen LogP contribution in [0, 0.1) is 16.0 Å². The zero-order valence-corrected chi connectivity index (χ0v) is 10.7. The van der Waals surface area contributed by atoms with Crippen LogP contribution in [0.2, 0.25) is 0 Å². The molecule has 0 unspecified atom stereocenters. The monoisotopic (exact) mass is 263 g/mol. The summed E-state index contributed by atoms with van der Waals surface area (Å²) in [5.41, 5.74) is 0.311. The summed E-state index contributed by atoms with van der Waals surface area (Å²) >= 11 is 0. The lowest BCUT2D eigenvalue weighted by Gasteiger charge is -2.21. The molecule has 0 bridgehead atoms. The van der Waals surface area contributed by atoms with E-state index < -0.39 is 4.92 Å². The van der Waals surface area contributed by atoms with Crippen LogP contribution in [-0.4, -0.2) is 17.8 Å². The Morgan fingerprint density at radius 2 is 2.05 bits per heavy atom. The van der Waals surface area contributed by atoms with Gasteiger partial charge in [-0.25, -0.2) is 0 Å². The fraction of sp³-hybridized carbons (Fsp3) is 0.500. The van der Waals surface area contributed by atoms with Gasteiger partial charge in [0, 0.05) is 11.6 Å². The molecule has 0 spiro atoms. The molecule has 19 heavy (non-hydrogen) atoms. The van der Waals surface area contributed by atoms with Gasteiger partial charge in [-0.3, -0.25) is 14.9 Å². The quantitative estimate of drug-likeness (QED) is 0.464. The van der Waals surface area contributed by atoms with Crippen molar-refractivity contribution in [3.05, 3.63) is 33.9 Å². The van der Waals surface area contributed by atoms with Crippen molar-refractivity contribution in [1.29, 1.82) is 0 Å². The van der Waals surface area contributed by atoms with Gasteiger partial charge < -0.3 is 4.74 Å². The highest BCUT2D eigenvalue weighted by Gasteiger charge is 2.19. The zero-order valence-electron chi connectivity index (χ0n) is 10.7. The molecule has 5 nitrogen and oxygen atoms in total. The van der Waals surface area contributed by atoms with Crippen LogP contribution in [0.5, 0.6) is 5.75 Å². The third-order valence-corrected chi connectivity index (χ3v) is 3.52. The maximum absolute atomic E-state index is 10.9. The normalized spacial score (nSPS) is 16.0. The number of hydrogen-bond acceptors (Lipinski definition) is 4. The maximum Gasteiger partial charge on any atom is 0.310 e. The topological polar surface area (TPSA) is 69.4 Å². The molecular weight excluding hydrogens is 246 g/mol. The third-order valence-electron chi connectivity index (χ3n) is 3.52. The molecule has 0 amide bonds. The van der Waals surface area contributed by atoms with Gasteiger partial charge in [0.05, 0.1) is 11.5 Å². The summed E-state index contributed by atoms with van der Waals surface area (Å²) in [5.74, 6) is 0.661. The molecule has 0 heterocycles. The Morgan fingerprint density at radius 3 is 2.68 bits per heavy atom. The molecule has 0 saturated heterocycles. The largest absolute Gasteiger partial charge is 0.487 e. The lowest BCUT2D eigenvalue weighted by molar-refractivity contribution is -0.385. The highest BCUT2D eigenvalue weighted by atomic mass is 16.6. The van der Waals surface area contributed by atoms with Crippen molar-refractivity contribution in [2.75, 3.05) is 6.61 Å². The third kappa shape index (κ3) is 3.53. The number of nitro groups is 1. The lowest BCUT2D eigenvalue weighted by atomic mass is 9.90. The summed E-state index contributed by atoms with van der Waals surface area (Å²) in [6.07, 6.45) is 6.55. The van der Waals surface area contributed by atoms with Crippen molar-refractivity contribution >= 4 is 12.0 Å². The molecule has 102 valence electrons. The minimum atomic E-state index is -0.481. The summed E-state index contributed by atoms with van der Waals surface area (Å²) < 4.78 is 5.58. The fourth-order valence-corrected chi connectivity index (χ4v) is 2.43. The van der Waals surface area contributed by atoms with E-state index in [0.29, 0.717) is 24.4 Å². The Morgan fingerprint density at radius 1 is 1.32 bits per heavy atom. The highest BCUT2D eigenvalue weighted by Crippen LogP contribution is 2.30. The molecule has 5 heteroatoms. The van der Waals surface area contributed by atoms with Gasteiger partial charge in [-0.1, -0.05) is 19.3 Å². The lowest BCUT2D eigenvalue weighted by Crippen LogP contribution is -2.15. The first kappa shape index (κ1) is 13.5. The number of aldehydes is 1. The fourth-order valence-electron chi connectivity index (χ4n) is 2.43. The first-order valence-corrected chi connectivity index (χ1v) is 6.57. The van der Waals surface area contributed by atoms with Crippen LogP contribution < -0.4 is 4.74 Å². The molecule has 0 N–H and O–H groups in total. The van der Waals surface area contributed by atoms with Crippen molar-refractivity contribution in [2.24, 2.45) is 5.92 Å². The van der Waals surface area contributed by atoms with Crippen molar-refractivity contribution in [3.63, 3.8) is 0 Å². The van der Waals surface area contributed by atoms with Crippen LogP contribution in [0.3, 0.4) is 0 Å². The number of hydrogen-bond donors (Lipinski definition) is 0. The van der Waals surface area contributed by atoms with Crippen LogP contribution >= 0.6 is 0 Å². The number of carbonyl (C=O) groups excluding carboxylic acids is 1. The van der Waals surface area contributed by atoms with Gasteiger partial charge in [0.2, 0.25) is 0 Å². The van der Waals surface area contributed by atoms with Crippen molar-refractivity contribution in [1.82, 2.24) is 0 Å². The number of rotatable bonds is 5. The Kier molecular flexibility index (Phi) is 4.49. The van der Waals surface area contributed by atoms with Crippen molar-refractivity contribution in [2.45, 2.75) is 32.1 Å². The van der Waals surface area contributed by atoms with E-state index in [9.17, 15) is 14.9 Å². The molecule has 1 saturated carbocycles. The molecule has 1 aliphatic carbocycles. The van der Waals surface area contributed by atoms with E-state index >= 15 is 0 Å². The second-order valence-electron chi connectivity index (χ2n) is 4.92. The van der Waals surface area contributed by atoms with Crippen LogP contribution in [0.1, 0.15) is 42.5 Å². The summed E-state index contributed by atoms with van der Waals surface area (Å²) in [7, 11) is 0. The second kappa shape index (κ2) is 6.31. The van der Waals surface area contributed by atoms with Crippen molar-refractivity contribution in [3.8, 4) is 5.75 Å². The Labute approximate surface area is 111 Å². The molecule has 0 radical (unpaired) electrons. The summed E-state index contributed by atoms with van der Waals surface area (Å²) in [6.45, 7) is 0.489. The molecule has 0 aliphatic heterocycles. The van der Waals surface area contributed by atoms with Gasteiger partial charge in [0.25, 0.3) is 0 Å². The molecule has 0 aromatic heterocycles. The Balaban J connectivity index is 2.08. The average molecular weight is 263 g/mol. The van der Waals surface area contributed by atoms with Gasteiger partial charge in [-0.15, -0.1) is 0 Å². The van der Waals surface area contributed by atoms with Crippen LogP contribution in [0.15, 0.2) is 18.2 Å². The molecule has 1 fully saturated rings. The number of carbonyl (C=O) groups is 1. The molecule has 0 atom stereocenters. The molecule has 1 aromatic carbocycles. The summed E-state index contributed by atoms with van der Waals surface area (Å²) in [4.78, 5) is 21.1. The maximum atomic E-state index is 10.9. The number of nitro benzene ring substituents is 1. The minimum absolute atomic E-state index is 0.0820. The Hall–Kier alpha value is -1.91. The second-order valence-corrected chi connectivity index (χ2v) is 4.92. The SMILES string of the molecule is O=Cc1ccc([N+](=O)[O-])c(OCC2CCCCC2)c1. The van der Waals surface area contributed by atoms with E-state index in [4.69, 9.17) is 4.74 Å². The number of nitrogens with zero attached hydrogens (tertiary/aromatic N) is 1. The van der Waals surface area contributed by atoms with E-state index in [-0.39, 0.29) is 11.4 Å². The predicted octanol–water partition coefficient (Wildman–Crippen LogP) is 3.37. The van der Waals surface area contributed by atoms with E-state index in [1.165, 1.54) is 37.5 Å². The zero-order chi connectivity index (χ0) is 13.7. The first-order chi connectivity index (χ1) is 9.20. The van der Waals surface area contributed by atoms with Crippen molar-refractivity contribution < 1.29 is 14.5 Å². The van der Waals surface area contributed by atoms with Crippen LogP contribution in [0.4, 0.5) is 5.69 Å². The van der Waals surface area contributed by atoms with E-state index in [1.54, 1.807) is 0 Å². The summed E-state index contributed by atoms with van der Waals surface area (Å²) in [6, 6.07) is 4.19. The van der Waals surface area contributed by atoms with E-state index in [2.05, 4.69) is 0 Å². The minimum Gasteiger partial charge on any atom is -0.487 e. The van der Waals surface area contributed by atoms with E-state index in [0.717, 1.165) is 12.8 Å². The number of ether oxygens (including phenoxy) is 1. The molecule has 2 rings (SSSR count). The van der Waals surface area contributed by atoms with Gasteiger partial charge in [-0.05, 0) is 30.9 Å². The Bertz CT molecular complexity index is 467. The highest BCUT2D eigenvalue weighted by molar-refractivity contribution is 5.76. The van der Waals surface area contributed by atoms with Gasteiger partial charge in [-0.2, -0.15) is 0 Å². The summed E-state index contributed by atoms with van der Waals surface area (Å²) in [5, 5.41) is 10.9. The standard InChI is InChI=1S/C14H17NO4/c16-9-12-6-7-13(15(17)18)14(8-12)19-10-11-4-2-1-3-5-11/h6-9,11H,1-5,10H2. The van der Waals surface area contributed by atoms with Crippen LogP contribution in [-0.2, 0) is 0 Å². The smallest absolute Gasteiger partial charge is 0.310 e. The van der Waals surface area contributed by atoms with Crippen LogP contribution in [0.25, 0.3) is 0 Å². The van der Waals surface area contributed by atoms with Gasteiger partial charge >= 0.3 is 5.69 Å². The first-order valence-electron chi connectivity index (χ1n) is 6.57. The average Bonchev–Trinajstić information content (AvgIpc) is 2.45. The van der Waals surface area contributed by atoms with E-state index in [1.807, 2.05) is 0 Å². The molecular formula is C14H17NO4.